The molecule has 1 aliphatic heterocycles. The van der Waals surface area contributed by atoms with E-state index in [1.165, 1.54) is 0 Å². The molecule has 2 atom stereocenters. The van der Waals surface area contributed by atoms with Crippen molar-refractivity contribution in [1.82, 2.24) is 0 Å². The summed E-state index contributed by atoms with van der Waals surface area (Å²) < 4.78 is 0. The van der Waals surface area contributed by atoms with Crippen LogP contribution in [0, 0.1) is 19.8 Å². The van der Waals surface area contributed by atoms with Crippen LogP contribution in [-0.2, 0) is 4.79 Å². The lowest BCUT2D eigenvalue weighted by Crippen LogP contribution is -2.43. The Labute approximate surface area is 99.6 Å². The van der Waals surface area contributed by atoms with Gasteiger partial charge in [0, 0.05) is 11.3 Å². The number of carboxylic acid groups (broad SMARTS) is 1. The first-order chi connectivity index (χ1) is 7.91. The molecule has 1 aliphatic rings. The van der Waals surface area contributed by atoms with Crippen LogP contribution in [-0.4, -0.2) is 22.9 Å². The van der Waals surface area contributed by atoms with Gasteiger partial charge < -0.3 is 10.4 Å². The first kappa shape index (κ1) is 11.6. The molecule has 2 rings (SSSR count). The molecule has 0 radical (unpaired) electrons. The fourth-order valence-electron chi connectivity index (χ4n) is 2.36. The molecule has 17 heavy (non-hydrogen) atoms. The van der Waals surface area contributed by atoms with Crippen molar-refractivity contribution in [3.63, 3.8) is 0 Å². The van der Waals surface area contributed by atoms with Crippen molar-refractivity contribution in [1.29, 1.82) is 0 Å². The van der Waals surface area contributed by atoms with E-state index in [2.05, 4.69) is 5.32 Å². The Hall–Kier alpha value is -1.84. The van der Waals surface area contributed by atoms with Gasteiger partial charge in [-0.2, -0.15) is 0 Å². The Bertz CT molecular complexity index is 508. The van der Waals surface area contributed by atoms with E-state index in [9.17, 15) is 9.59 Å². The minimum Gasteiger partial charge on any atom is -0.480 e. The number of benzene rings is 1. The largest absolute Gasteiger partial charge is 0.480 e. The van der Waals surface area contributed by atoms with E-state index in [4.69, 9.17) is 5.11 Å². The van der Waals surface area contributed by atoms with Gasteiger partial charge in [0.1, 0.15) is 6.04 Å². The zero-order chi connectivity index (χ0) is 12.7. The SMILES string of the molecule is Cc1cc(C)c2c(c1)N[C@H](C(=O)O)[C@H](C)C2=O. The highest BCUT2D eigenvalue weighted by Crippen LogP contribution is 2.31. The summed E-state index contributed by atoms with van der Waals surface area (Å²) in [6.07, 6.45) is 0. The normalized spacial score (nSPS) is 22.9. The highest BCUT2D eigenvalue weighted by molar-refractivity contribution is 6.09. The van der Waals surface area contributed by atoms with E-state index in [1.54, 1.807) is 6.92 Å². The molecule has 4 nitrogen and oxygen atoms in total. The first-order valence-corrected chi connectivity index (χ1v) is 5.56. The third kappa shape index (κ3) is 1.79. The third-order valence-corrected chi connectivity index (χ3v) is 3.22. The molecule has 1 heterocycles. The van der Waals surface area contributed by atoms with Crippen LogP contribution in [0.25, 0.3) is 0 Å². The number of carbonyl (C=O) groups excluding carboxylic acids is 1. The molecule has 0 bridgehead atoms. The molecule has 1 aromatic carbocycles. The summed E-state index contributed by atoms with van der Waals surface area (Å²) in [5.74, 6) is -1.62. The molecule has 0 aromatic heterocycles. The second-order valence-electron chi connectivity index (χ2n) is 4.62. The van der Waals surface area contributed by atoms with Crippen molar-refractivity contribution >= 4 is 17.4 Å². The Morgan fingerprint density at radius 3 is 2.59 bits per heavy atom. The number of anilines is 1. The Kier molecular flexibility index (Phi) is 2.65. The lowest BCUT2D eigenvalue weighted by Gasteiger charge is -2.29. The molecule has 0 spiro atoms. The van der Waals surface area contributed by atoms with Crippen molar-refractivity contribution in [3.8, 4) is 0 Å². The van der Waals surface area contributed by atoms with E-state index in [0.29, 0.717) is 11.3 Å². The van der Waals surface area contributed by atoms with E-state index in [0.717, 1.165) is 11.1 Å². The van der Waals surface area contributed by atoms with Gasteiger partial charge in [-0.05, 0) is 31.0 Å². The maximum atomic E-state index is 12.2. The number of fused-ring (bicyclic) bond motifs is 1. The quantitative estimate of drug-likeness (QED) is 0.778. The number of hydrogen-bond donors (Lipinski definition) is 2. The van der Waals surface area contributed by atoms with Gasteiger partial charge in [-0.15, -0.1) is 0 Å². The van der Waals surface area contributed by atoms with Crippen LogP contribution in [0.4, 0.5) is 5.69 Å². The van der Waals surface area contributed by atoms with Gasteiger partial charge in [-0.25, -0.2) is 4.79 Å². The van der Waals surface area contributed by atoms with Crippen LogP contribution < -0.4 is 5.32 Å². The molecule has 0 amide bonds. The highest BCUT2D eigenvalue weighted by Gasteiger charge is 2.37. The van der Waals surface area contributed by atoms with Crippen molar-refractivity contribution < 1.29 is 14.7 Å². The number of carboxylic acids is 1. The lowest BCUT2D eigenvalue weighted by molar-refractivity contribution is -0.138. The number of rotatable bonds is 1. The summed E-state index contributed by atoms with van der Waals surface area (Å²) in [4.78, 5) is 23.2. The van der Waals surface area contributed by atoms with Crippen LogP contribution in [0.2, 0.25) is 0 Å². The van der Waals surface area contributed by atoms with E-state index >= 15 is 0 Å². The average molecular weight is 233 g/mol. The number of aryl methyl sites for hydroxylation is 2. The molecule has 0 unspecified atom stereocenters. The van der Waals surface area contributed by atoms with Gasteiger partial charge in [-0.1, -0.05) is 13.0 Å². The Morgan fingerprint density at radius 2 is 2.00 bits per heavy atom. The molecule has 2 N–H and O–H groups in total. The number of ketones is 1. The Morgan fingerprint density at radius 1 is 1.35 bits per heavy atom. The molecule has 0 saturated carbocycles. The lowest BCUT2D eigenvalue weighted by atomic mass is 9.84. The van der Waals surface area contributed by atoms with Gasteiger partial charge >= 0.3 is 5.97 Å². The first-order valence-electron chi connectivity index (χ1n) is 5.56. The topological polar surface area (TPSA) is 66.4 Å². The molecular weight excluding hydrogens is 218 g/mol. The molecule has 0 saturated heterocycles. The fourth-order valence-corrected chi connectivity index (χ4v) is 2.36. The van der Waals surface area contributed by atoms with Gasteiger partial charge in [-0.3, -0.25) is 4.79 Å². The zero-order valence-electron chi connectivity index (χ0n) is 10.1. The summed E-state index contributed by atoms with van der Waals surface area (Å²) in [6.45, 7) is 5.45. The molecule has 90 valence electrons. The monoisotopic (exact) mass is 233 g/mol. The van der Waals surface area contributed by atoms with Crippen molar-refractivity contribution in [3.05, 3.63) is 28.8 Å². The maximum Gasteiger partial charge on any atom is 0.326 e. The van der Waals surface area contributed by atoms with Crippen LogP contribution >= 0.6 is 0 Å². The number of hydrogen-bond acceptors (Lipinski definition) is 3. The summed E-state index contributed by atoms with van der Waals surface area (Å²) in [6, 6.07) is 2.92. The summed E-state index contributed by atoms with van der Waals surface area (Å²) in [5, 5.41) is 12.0. The van der Waals surface area contributed by atoms with Gasteiger partial charge in [0.2, 0.25) is 0 Å². The van der Waals surface area contributed by atoms with Crippen LogP contribution in [0.3, 0.4) is 0 Å². The fraction of sp³-hybridized carbons (Fsp3) is 0.385. The molecule has 1 aromatic rings. The van der Waals surface area contributed by atoms with Crippen LogP contribution in [0.1, 0.15) is 28.4 Å². The van der Waals surface area contributed by atoms with Crippen molar-refractivity contribution in [2.24, 2.45) is 5.92 Å². The molecule has 4 heteroatoms. The van der Waals surface area contributed by atoms with Crippen LogP contribution in [0.5, 0.6) is 0 Å². The summed E-state index contributed by atoms with van der Waals surface area (Å²) in [5.41, 5.74) is 3.17. The highest BCUT2D eigenvalue weighted by atomic mass is 16.4. The standard InChI is InChI=1S/C13H15NO3/c1-6-4-7(2)10-9(5-6)14-11(13(16)17)8(3)12(10)15/h4-5,8,11,14H,1-3H3,(H,16,17)/t8-,11-/m0/s1. The Balaban J connectivity index is 2.56. The molecule has 0 fully saturated rings. The van der Waals surface area contributed by atoms with Gasteiger partial charge in [0.05, 0.1) is 5.92 Å². The zero-order valence-corrected chi connectivity index (χ0v) is 10.1. The molecular formula is C13H15NO3. The van der Waals surface area contributed by atoms with Gasteiger partial charge in [0.15, 0.2) is 5.78 Å². The smallest absolute Gasteiger partial charge is 0.326 e. The van der Waals surface area contributed by atoms with E-state index < -0.39 is 17.9 Å². The second kappa shape index (κ2) is 3.87. The minimum absolute atomic E-state index is 0.0938. The van der Waals surface area contributed by atoms with Crippen LogP contribution in [0.15, 0.2) is 12.1 Å². The molecule has 0 aliphatic carbocycles. The predicted molar refractivity (Wildman–Crippen MR) is 64.5 cm³/mol. The van der Waals surface area contributed by atoms with E-state index in [-0.39, 0.29) is 5.78 Å². The second-order valence-corrected chi connectivity index (χ2v) is 4.62. The number of carbonyl (C=O) groups is 2. The van der Waals surface area contributed by atoms with E-state index in [1.807, 2.05) is 26.0 Å². The third-order valence-electron chi connectivity index (χ3n) is 3.22. The number of aliphatic carboxylic acids is 1. The average Bonchev–Trinajstić information content (AvgIpc) is 2.21. The number of Topliss-reactive ketones (excluding diaryl/α,β-unsaturated/α-hetero) is 1. The summed E-state index contributed by atoms with van der Waals surface area (Å²) in [7, 11) is 0. The minimum atomic E-state index is -0.990. The number of nitrogens with one attached hydrogen (secondary N) is 1. The predicted octanol–water partition coefficient (Wildman–Crippen LogP) is 2.00. The van der Waals surface area contributed by atoms with Gasteiger partial charge in [0.25, 0.3) is 0 Å². The summed E-state index contributed by atoms with van der Waals surface area (Å²) >= 11 is 0. The maximum absolute atomic E-state index is 12.2. The van der Waals surface area contributed by atoms with Crippen molar-refractivity contribution in [2.75, 3.05) is 5.32 Å². The van der Waals surface area contributed by atoms with Crippen molar-refractivity contribution in [2.45, 2.75) is 26.8 Å².